The van der Waals surface area contributed by atoms with Crippen molar-refractivity contribution in [3.63, 3.8) is 0 Å². The average molecular weight is 285 g/mol. The van der Waals surface area contributed by atoms with Gasteiger partial charge in [0.25, 0.3) is 0 Å². The molecule has 0 radical (unpaired) electrons. The number of aromatic amines is 1. The number of aromatic nitrogens is 1. The molecule has 1 aliphatic rings. The van der Waals surface area contributed by atoms with E-state index in [9.17, 15) is 4.79 Å². The van der Waals surface area contributed by atoms with Gasteiger partial charge < -0.3 is 15.2 Å². The molecule has 0 aliphatic carbocycles. The van der Waals surface area contributed by atoms with Crippen LogP contribution in [0.1, 0.15) is 31.7 Å². The molecule has 2 N–H and O–H groups in total. The molecule has 1 saturated heterocycles. The van der Waals surface area contributed by atoms with Crippen LogP contribution in [0.5, 0.6) is 0 Å². The molecular weight excluding hydrogens is 262 g/mol. The summed E-state index contributed by atoms with van der Waals surface area (Å²) in [6.45, 7) is 3.71. The Labute approximate surface area is 125 Å². The lowest BCUT2D eigenvalue weighted by atomic mass is 10.0. The molecule has 0 saturated carbocycles. The van der Waals surface area contributed by atoms with Gasteiger partial charge >= 0.3 is 6.03 Å². The number of hydrogen-bond donors (Lipinski definition) is 2. The number of amides is 2. The monoisotopic (exact) mass is 285 g/mol. The van der Waals surface area contributed by atoms with E-state index in [0.29, 0.717) is 12.6 Å². The van der Waals surface area contributed by atoms with Crippen LogP contribution in [-0.4, -0.2) is 35.0 Å². The first-order chi connectivity index (χ1) is 10.3. The van der Waals surface area contributed by atoms with Gasteiger partial charge in [0.05, 0.1) is 0 Å². The number of carbonyl (C=O) groups is 1. The third-order valence-electron chi connectivity index (χ3n) is 4.41. The SMILES string of the molecule is CC1CCCCN1C(=O)NCCc1c[nH]c2ccccc12. The number of benzene rings is 1. The van der Waals surface area contributed by atoms with Crippen LogP contribution < -0.4 is 5.32 Å². The molecule has 1 aliphatic heterocycles. The van der Waals surface area contributed by atoms with Crippen LogP contribution >= 0.6 is 0 Å². The molecular formula is C17H23N3O. The summed E-state index contributed by atoms with van der Waals surface area (Å²) in [5.41, 5.74) is 2.42. The Bertz CT molecular complexity index is 619. The molecule has 0 bridgehead atoms. The molecule has 1 unspecified atom stereocenters. The number of rotatable bonds is 3. The maximum atomic E-state index is 12.2. The summed E-state index contributed by atoms with van der Waals surface area (Å²) < 4.78 is 0. The van der Waals surface area contributed by atoms with Crippen molar-refractivity contribution in [1.82, 2.24) is 15.2 Å². The number of carbonyl (C=O) groups excluding carboxylic acids is 1. The van der Waals surface area contributed by atoms with Crippen molar-refractivity contribution in [2.45, 2.75) is 38.6 Å². The second-order valence-corrected chi connectivity index (χ2v) is 5.88. The summed E-state index contributed by atoms with van der Waals surface area (Å²) in [7, 11) is 0. The second-order valence-electron chi connectivity index (χ2n) is 5.88. The van der Waals surface area contributed by atoms with Crippen LogP contribution in [0.4, 0.5) is 4.79 Å². The van der Waals surface area contributed by atoms with Crippen LogP contribution in [0.25, 0.3) is 10.9 Å². The Morgan fingerprint density at radius 3 is 3.10 bits per heavy atom. The molecule has 3 rings (SSSR count). The van der Waals surface area contributed by atoms with Crippen LogP contribution in [0.3, 0.4) is 0 Å². The van der Waals surface area contributed by atoms with Crippen LogP contribution in [-0.2, 0) is 6.42 Å². The fourth-order valence-corrected chi connectivity index (χ4v) is 3.14. The number of nitrogens with one attached hydrogen (secondary N) is 2. The summed E-state index contributed by atoms with van der Waals surface area (Å²) in [4.78, 5) is 17.5. The maximum Gasteiger partial charge on any atom is 0.317 e. The largest absolute Gasteiger partial charge is 0.361 e. The standard InChI is InChI=1S/C17H23N3O/c1-13-6-4-5-11-20(13)17(21)18-10-9-14-12-19-16-8-3-2-7-15(14)16/h2-3,7-8,12-13,19H,4-6,9-11H2,1H3,(H,18,21). The molecule has 112 valence electrons. The zero-order valence-corrected chi connectivity index (χ0v) is 12.6. The number of nitrogens with zero attached hydrogens (tertiary/aromatic N) is 1. The van der Waals surface area contributed by atoms with E-state index in [-0.39, 0.29) is 6.03 Å². The summed E-state index contributed by atoms with van der Waals surface area (Å²) in [6.07, 6.45) is 6.38. The van der Waals surface area contributed by atoms with Gasteiger partial charge in [0.15, 0.2) is 0 Å². The number of para-hydroxylation sites is 1. The average Bonchev–Trinajstić information content (AvgIpc) is 2.91. The van der Waals surface area contributed by atoms with Crippen molar-refractivity contribution < 1.29 is 4.79 Å². The predicted molar refractivity (Wildman–Crippen MR) is 85.4 cm³/mol. The number of H-pyrrole nitrogens is 1. The van der Waals surface area contributed by atoms with Crippen molar-refractivity contribution in [3.05, 3.63) is 36.0 Å². The molecule has 21 heavy (non-hydrogen) atoms. The predicted octanol–water partition coefficient (Wildman–Crippen LogP) is 3.29. The van der Waals surface area contributed by atoms with Crippen molar-refractivity contribution in [1.29, 1.82) is 0 Å². The first-order valence-electron chi connectivity index (χ1n) is 7.85. The van der Waals surface area contributed by atoms with E-state index < -0.39 is 0 Å². The quantitative estimate of drug-likeness (QED) is 0.893. The first-order valence-corrected chi connectivity index (χ1v) is 7.85. The van der Waals surface area contributed by atoms with E-state index in [2.05, 4.69) is 29.4 Å². The lowest BCUT2D eigenvalue weighted by molar-refractivity contribution is 0.158. The zero-order valence-electron chi connectivity index (χ0n) is 12.6. The molecule has 1 fully saturated rings. The minimum Gasteiger partial charge on any atom is -0.361 e. The van der Waals surface area contributed by atoms with E-state index in [1.165, 1.54) is 17.4 Å². The number of piperidine rings is 1. The number of urea groups is 1. The van der Waals surface area contributed by atoms with Crippen LogP contribution in [0.15, 0.2) is 30.5 Å². The normalized spacial score (nSPS) is 18.9. The third-order valence-corrected chi connectivity index (χ3v) is 4.41. The molecule has 1 aromatic carbocycles. The molecule has 2 heterocycles. The molecule has 2 amide bonds. The Kier molecular flexibility index (Phi) is 4.13. The zero-order chi connectivity index (χ0) is 14.7. The van der Waals surface area contributed by atoms with Gasteiger partial charge in [-0.05, 0) is 44.2 Å². The summed E-state index contributed by atoms with van der Waals surface area (Å²) in [6, 6.07) is 8.73. The Hall–Kier alpha value is -1.97. The third kappa shape index (κ3) is 3.04. The van der Waals surface area contributed by atoms with Gasteiger partial charge in [-0.1, -0.05) is 18.2 Å². The summed E-state index contributed by atoms with van der Waals surface area (Å²) in [5, 5.41) is 4.31. The Balaban J connectivity index is 1.55. The van der Waals surface area contributed by atoms with Gasteiger partial charge in [-0.3, -0.25) is 0 Å². The van der Waals surface area contributed by atoms with E-state index in [1.807, 2.05) is 23.2 Å². The van der Waals surface area contributed by atoms with Gasteiger partial charge in [-0.25, -0.2) is 4.79 Å². The van der Waals surface area contributed by atoms with Gasteiger partial charge in [-0.15, -0.1) is 0 Å². The Morgan fingerprint density at radius 2 is 2.24 bits per heavy atom. The smallest absolute Gasteiger partial charge is 0.317 e. The molecule has 1 atom stereocenters. The van der Waals surface area contributed by atoms with Crippen molar-refractivity contribution >= 4 is 16.9 Å². The van der Waals surface area contributed by atoms with Crippen LogP contribution in [0, 0.1) is 0 Å². The van der Waals surface area contributed by atoms with E-state index >= 15 is 0 Å². The lowest BCUT2D eigenvalue weighted by Crippen LogP contribution is -2.47. The molecule has 2 aromatic rings. The van der Waals surface area contributed by atoms with E-state index in [1.54, 1.807) is 0 Å². The fourth-order valence-electron chi connectivity index (χ4n) is 3.14. The van der Waals surface area contributed by atoms with Gasteiger partial charge in [0.2, 0.25) is 0 Å². The minimum atomic E-state index is 0.0852. The number of fused-ring (bicyclic) bond motifs is 1. The highest BCUT2D eigenvalue weighted by atomic mass is 16.2. The molecule has 4 heteroatoms. The Morgan fingerprint density at radius 1 is 1.38 bits per heavy atom. The van der Waals surface area contributed by atoms with Crippen molar-refractivity contribution in [2.75, 3.05) is 13.1 Å². The highest BCUT2D eigenvalue weighted by molar-refractivity contribution is 5.83. The molecule has 0 spiro atoms. The second kappa shape index (κ2) is 6.20. The minimum absolute atomic E-state index is 0.0852. The van der Waals surface area contributed by atoms with E-state index in [0.717, 1.165) is 31.3 Å². The molecule has 4 nitrogen and oxygen atoms in total. The van der Waals surface area contributed by atoms with Gasteiger partial charge in [0, 0.05) is 36.2 Å². The van der Waals surface area contributed by atoms with Gasteiger partial charge in [0.1, 0.15) is 0 Å². The molecule has 1 aromatic heterocycles. The summed E-state index contributed by atoms with van der Waals surface area (Å²) >= 11 is 0. The van der Waals surface area contributed by atoms with Crippen molar-refractivity contribution in [3.8, 4) is 0 Å². The van der Waals surface area contributed by atoms with E-state index in [4.69, 9.17) is 0 Å². The van der Waals surface area contributed by atoms with Crippen LogP contribution in [0.2, 0.25) is 0 Å². The highest BCUT2D eigenvalue weighted by Gasteiger charge is 2.22. The first kappa shape index (κ1) is 14.0. The maximum absolute atomic E-state index is 12.2. The number of hydrogen-bond acceptors (Lipinski definition) is 1. The van der Waals surface area contributed by atoms with Crippen molar-refractivity contribution in [2.24, 2.45) is 0 Å². The highest BCUT2D eigenvalue weighted by Crippen LogP contribution is 2.18. The number of likely N-dealkylation sites (tertiary alicyclic amines) is 1. The fraction of sp³-hybridized carbons (Fsp3) is 0.471. The summed E-state index contributed by atoms with van der Waals surface area (Å²) in [5.74, 6) is 0. The topological polar surface area (TPSA) is 48.1 Å². The lowest BCUT2D eigenvalue weighted by Gasteiger charge is -2.33. The van der Waals surface area contributed by atoms with Gasteiger partial charge in [-0.2, -0.15) is 0 Å².